The molecular weight excluding hydrogens is 256 g/mol. The molecule has 1 saturated heterocycles. The molecule has 0 spiro atoms. The zero-order chi connectivity index (χ0) is 14.0. The van der Waals surface area contributed by atoms with Crippen molar-refractivity contribution in [2.24, 2.45) is 0 Å². The molecule has 1 N–H and O–H groups in total. The van der Waals surface area contributed by atoms with Crippen LogP contribution >= 0.6 is 0 Å². The lowest BCUT2D eigenvalue weighted by Gasteiger charge is -2.23. The number of aromatic nitrogens is 4. The van der Waals surface area contributed by atoms with Crippen molar-refractivity contribution >= 4 is 5.69 Å². The lowest BCUT2D eigenvalue weighted by atomic mass is 10.0. The van der Waals surface area contributed by atoms with E-state index in [0.717, 1.165) is 12.2 Å². The molecule has 0 amide bonds. The van der Waals surface area contributed by atoms with Gasteiger partial charge in [0.1, 0.15) is 17.4 Å². The Morgan fingerprint density at radius 1 is 1.45 bits per heavy atom. The van der Waals surface area contributed by atoms with Crippen LogP contribution in [0.5, 0.6) is 0 Å². The van der Waals surface area contributed by atoms with Gasteiger partial charge in [-0.05, 0) is 18.6 Å². The smallest absolute Gasteiger partial charge is 0.140 e. The Balaban J connectivity index is 1.70. The van der Waals surface area contributed by atoms with Gasteiger partial charge in [-0.1, -0.05) is 5.21 Å². The van der Waals surface area contributed by atoms with Crippen molar-refractivity contribution in [2.75, 3.05) is 18.0 Å². The number of anilines is 1. The molecule has 20 heavy (non-hydrogen) atoms. The highest BCUT2D eigenvalue weighted by Crippen LogP contribution is 2.27. The van der Waals surface area contributed by atoms with Gasteiger partial charge < -0.3 is 10.0 Å². The molecule has 1 aliphatic heterocycles. The van der Waals surface area contributed by atoms with E-state index in [0.29, 0.717) is 25.2 Å². The van der Waals surface area contributed by atoms with E-state index in [-0.39, 0.29) is 0 Å². The number of nitrogens with zero attached hydrogens (tertiary/aromatic N) is 6. The summed E-state index contributed by atoms with van der Waals surface area (Å²) >= 11 is 0. The monoisotopic (exact) mass is 270 g/mol. The predicted molar refractivity (Wildman–Crippen MR) is 70.8 cm³/mol. The van der Waals surface area contributed by atoms with Crippen LogP contribution in [0.1, 0.15) is 12.1 Å². The largest absolute Gasteiger partial charge is 0.386 e. The fourth-order valence-electron chi connectivity index (χ4n) is 2.46. The van der Waals surface area contributed by atoms with Crippen molar-refractivity contribution in [1.82, 2.24) is 20.0 Å². The summed E-state index contributed by atoms with van der Waals surface area (Å²) in [4.78, 5) is 6.11. The van der Waals surface area contributed by atoms with Crippen molar-refractivity contribution in [3.8, 4) is 6.07 Å². The summed E-state index contributed by atoms with van der Waals surface area (Å²) in [6.07, 6.45) is 5.66. The molecule has 1 fully saturated rings. The molecule has 1 atom stereocenters. The van der Waals surface area contributed by atoms with Crippen LogP contribution in [0.2, 0.25) is 0 Å². The summed E-state index contributed by atoms with van der Waals surface area (Å²) in [5, 5.41) is 27.0. The minimum Gasteiger partial charge on any atom is -0.386 e. The molecule has 1 aliphatic rings. The summed E-state index contributed by atoms with van der Waals surface area (Å²) in [6, 6.07) is 5.53. The van der Waals surface area contributed by atoms with Gasteiger partial charge in [-0.15, -0.1) is 5.10 Å². The van der Waals surface area contributed by atoms with E-state index in [4.69, 9.17) is 5.26 Å². The van der Waals surface area contributed by atoms with Crippen molar-refractivity contribution in [2.45, 2.75) is 18.6 Å². The van der Waals surface area contributed by atoms with Gasteiger partial charge in [0.05, 0.1) is 24.6 Å². The van der Waals surface area contributed by atoms with Gasteiger partial charge in [0, 0.05) is 19.3 Å². The highest BCUT2D eigenvalue weighted by atomic mass is 16.3. The number of aliphatic hydroxyl groups is 1. The predicted octanol–water partition coefficient (Wildman–Crippen LogP) is 0.186. The first-order valence-corrected chi connectivity index (χ1v) is 6.36. The van der Waals surface area contributed by atoms with E-state index in [1.54, 1.807) is 29.3 Å². The Labute approximate surface area is 116 Å². The van der Waals surface area contributed by atoms with Crippen LogP contribution in [-0.2, 0) is 6.54 Å². The molecule has 0 aromatic carbocycles. The average molecular weight is 270 g/mol. The lowest BCUT2D eigenvalue weighted by molar-refractivity contribution is 0.0409. The van der Waals surface area contributed by atoms with Crippen LogP contribution in [0.15, 0.2) is 30.7 Å². The zero-order valence-electron chi connectivity index (χ0n) is 10.8. The third-order valence-corrected chi connectivity index (χ3v) is 3.49. The summed E-state index contributed by atoms with van der Waals surface area (Å²) in [6.45, 7) is 1.69. The van der Waals surface area contributed by atoms with Crippen LogP contribution in [0.3, 0.4) is 0 Å². The fourth-order valence-corrected chi connectivity index (χ4v) is 2.46. The Bertz CT molecular complexity index is 617. The molecule has 0 aliphatic carbocycles. The number of pyridine rings is 1. The highest BCUT2D eigenvalue weighted by Gasteiger charge is 2.36. The van der Waals surface area contributed by atoms with E-state index in [1.165, 1.54) is 0 Å². The molecule has 102 valence electrons. The van der Waals surface area contributed by atoms with Crippen LogP contribution < -0.4 is 4.90 Å². The first-order chi connectivity index (χ1) is 9.68. The molecule has 0 radical (unpaired) electrons. The SMILES string of the molecule is N#Cc1ccc(N2CCC(O)(Cn3ccnn3)C2)cn1. The minimum atomic E-state index is -0.818. The maximum Gasteiger partial charge on any atom is 0.140 e. The highest BCUT2D eigenvalue weighted by molar-refractivity contribution is 5.47. The van der Waals surface area contributed by atoms with Gasteiger partial charge in [0.25, 0.3) is 0 Å². The van der Waals surface area contributed by atoms with E-state index < -0.39 is 5.60 Å². The maximum atomic E-state index is 10.6. The summed E-state index contributed by atoms with van der Waals surface area (Å²) in [7, 11) is 0. The Kier molecular flexibility index (Phi) is 3.08. The molecule has 0 bridgehead atoms. The number of β-amino-alcohol motifs (C(OH)–C–C–N with tert-alkyl or cyclic N) is 1. The summed E-state index contributed by atoms with van der Waals surface area (Å²) < 4.78 is 1.64. The van der Waals surface area contributed by atoms with Crippen molar-refractivity contribution in [1.29, 1.82) is 5.26 Å². The normalized spacial score (nSPS) is 21.9. The second-order valence-corrected chi connectivity index (χ2v) is 5.01. The summed E-state index contributed by atoms with van der Waals surface area (Å²) in [5.41, 5.74) is 0.492. The fraction of sp³-hybridized carbons (Fsp3) is 0.385. The standard InChI is InChI=1S/C13H14N6O/c14-7-11-1-2-12(8-15-11)18-5-3-13(20,9-18)10-19-6-4-16-17-19/h1-2,4,6,8,20H,3,5,9-10H2. The van der Waals surface area contributed by atoms with Gasteiger partial charge in [-0.2, -0.15) is 5.26 Å². The molecule has 1 unspecified atom stereocenters. The molecular formula is C13H14N6O. The lowest BCUT2D eigenvalue weighted by Crippen LogP contribution is -2.37. The topological polar surface area (TPSA) is 90.9 Å². The zero-order valence-corrected chi connectivity index (χ0v) is 10.8. The van der Waals surface area contributed by atoms with Gasteiger partial charge in [0.15, 0.2) is 0 Å². The second-order valence-electron chi connectivity index (χ2n) is 5.01. The van der Waals surface area contributed by atoms with E-state index in [2.05, 4.69) is 20.2 Å². The molecule has 0 saturated carbocycles. The molecule has 7 heteroatoms. The van der Waals surface area contributed by atoms with Gasteiger partial charge in [-0.25, -0.2) is 9.67 Å². The third-order valence-electron chi connectivity index (χ3n) is 3.49. The minimum absolute atomic E-state index is 0.394. The Morgan fingerprint density at radius 2 is 2.35 bits per heavy atom. The van der Waals surface area contributed by atoms with Gasteiger partial charge in [-0.3, -0.25) is 0 Å². The van der Waals surface area contributed by atoms with Gasteiger partial charge >= 0.3 is 0 Å². The first-order valence-electron chi connectivity index (χ1n) is 6.36. The van der Waals surface area contributed by atoms with Crippen LogP contribution in [0, 0.1) is 11.3 Å². The van der Waals surface area contributed by atoms with Crippen LogP contribution in [0.4, 0.5) is 5.69 Å². The average Bonchev–Trinajstić information content (AvgIpc) is 3.09. The van der Waals surface area contributed by atoms with Crippen molar-refractivity contribution < 1.29 is 5.11 Å². The van der Waals surface area contributed by atoms with Crippen LogP contribution in [-0.4, -0.2) is 43.8 Å². The van der Waals surface area contributed by atoms with E-state index >= 15 is 0 Å². The Hall–Kier alpha value is -2.46. The molecule has 2 aromatic heterocycles. The number of rotatable bonds is 3. The number of hydrogen-bond donors (Lipinski definition) is 1. The molecule has 3 heterocycles. The number of nitriles is 1. The molecule has 7 nitrogen and oxygen atoms in total. The second kappa shape index (κ2) is 4.90. The van der Waals surface area contributed by atoms with Gasteiger partial charge in [0.2, 0.25) is 0 Å². The Morgan fingerprint density at radius 3 is 3.00 bits per heavy atom. The molecule has 3 rings (SSSR count). The third kappa shape index (κ3) is 2.46. The van der Waals surface area contributed by atoms with Crippen molar-refractivity contribution in [3.63, 3.8) is 0 Å². The molecule has 2 aromatic rings. The maximum absolute atomic E-state index is 10.6. The van der Waals surface area contributed by atoms with Crippen molar-refractivity contribution in [3.05, 3.63) is 36.4 Å². The number of hydrogen-bond acceptors (Lipinski definition) is 6. The van der Waals surface area contributed by atoms with E-state index in [1.807, 2.05) is 12.1 Å². The quantitative estimate of drug-likeness (QED) is 0.856. The first kappa shape index (κ1) is 12.6. The summed E-state index contributed by atoms with van der Waals surface area (Å²) in [5.74, 6) is 0. The van der Waals surface area contributed by atoms with Crippen LogP contribution in [0.25, 0.3) is 0 Å². The van der Waals surface area contributed by atoms with E-state index in [9.17, 15) is 5.11 Å².